The Morgan fingerprint density at radius 2 is 1.68 bits per heavy atom. The fourth-order valence-electron chi connectivity index (χ4n) is 5.21. The van der Waals surface area contributed by atoms with Crippen molar-refractivity contribution in [1.82, 2.24) is 0 Å². The van der Waals surface area contributed by atoms with Gasteiger partial charge >= 0.3 is 0 Å². The molecule has 0 aromatic heterocycles. The van der Waals surface area contributed by atoms with Crippen LogP contribution in [0.1, 0.15) is 22.7 Å². The minimum atomic E-state index is -0.569. The van der Waals surface area contributed by atoms with Crippen molar-refractivity contribution in [3.8, 4) is 0 Å². The summed E-state index contributed by atoms with van der Waals surface area (Å²) in [5.41, 5.74) is 5.38. The average molecular weight is 427 g/mol. The van der Waals surface area contributed by atoms with Crippen LogP contribution in [-0.4, -0.2) is 18.4 Å². The molecule has 3 aromatic rings. The van der Waals surface area contributed by atoms with Crippen LogP contribution in [-0.2, 0) is 16.0 Å². The lowest BCUT2D eigenvalue weighted by molar-refractivity contribution is -0.122. The molecule has 4 nitrogen and oxygen atoms in total. The summed E-state index contributed by atoms with van der Waals surface area (Å²) in [5, 5.41) is 0.611. The molecule has 3 aliphatic rings. The second-order valence-corrected chi connectivity index (χ2v) is 8.62. The Balaban J connectivity index is 1.60. The Morgan fingerprint density at radius 1 is 0.903 bits per heavy atom. The van der Waals surface area contributed by atoms with Crippen LogP contribution < -0.4 is 9.80 Å². The molecule has 0 bridgehead atoms. The normalized spacial score (nSPS) is 21.6. The number of nitrogens with zero attached hydrogens (tertiary/aromatic N) is 2. The third-order valence-electron chi connectivity index (χ3n) is 6.54. The number of para-hydroxylation sites is 1. The Bertz CT molecular complexity index is 1270. The third kappa shape index (κ3) is 2.68. The Morgan fingerprint density at radius 3 is 2.52 bits per heavy atom. The number of amides is 2. The van der Waals surface area contributed by atoms with E-state index >= 15 is 0 Å². The minimum absolute atomic E-state index is 0.173. The highest BCUT2D eigenvalue weighted by Crippen LogP contribution is 2.49. The SMILES string of the molecule is O=C1C2=Cc3cc(Cl)ccc3N3CCc4ccccc4C3C2C(=O)N1c1ccccc1. The van der Waals surface area contributed by atoms with E-state index in [9.17, 15) is 9.59 Å². The van der Waals surface area contributed by atoms with Crippen molar-refractivity contribution >= 4 is 40.9 Å². The zero-order valence-electron chi connectivity index (χ0n) is 16.7. The van der Waals surface area contributed by atoms with Crippen molar-refractivity contribution in [2.45, 2.75) is 12.5 Å². The lowest BCUT2D eigenvalue weighted by Crippen LogP contribution is -2.42. The zero-order valence-corrected chi connectivity index (χ0v) is 17.4. The van der Waals surface area contributed by atoms with Gasteiger partial charge in [0, 0.05) is 22.8 Å². The van der Waals surface area contributed by atoms with Crippen LogP contribution in [0.5, 0.6) is 0 Å². The maximum atomic E-state index is 13.8. The number of carbonyl (C=O) groups excluding carboxylic acids is 2. The van der Waals surface area contributed by atoms with Crippen LogP contribution in [0.4, 0.5) is 11.4 Å². The third-order valence-corrected chi connectivity index (χ3v) is 6.78. The van der Waals surface area contributed by atoms with Crippen molar-refractivity contribution in [3.63, 3.8) is 0 Å². The van der Waals surface area contributed by atoms with E-state index in [1.54, 1.807) is 12.1 Å². The molecular weight excluding hydrogens is 408 g/mol. The van der Waals surface area contributed by atoms with E-state index < -0.39 is 5.92 Å². The van der Waals surface area contributed by atoms with E-state index in [2.05, 4.69) is 17.0 Å². The highest BCUT2D eigenvalue weighted by Gasteiger charge is 2.52. The molecule has 6 rings (SSSR count). The lowest BCUT2D eigenvalue weighted by Gasteiger charge is -2.41. The zero-order chi connectivity index (χ0) is 21.1. The summed E-state index contributed by atoms with van der Waals surface area (Å²) >= 11 is 6.31. The van der Waals surface area contributed by atoms with Gasteiger partial charge in [-0.05, 0) is 59.5 Å². The molecule has 5 heteroatoms. The van der Waals surface area contributed by atoms with Gasteiger partial charge in [0.1, 0.15) is 0 Å². The van der Waals surface area contributed by atoms with Crippen molar-refractivity contribution in [2.24, 2.45) is 5.92 Å². The molecule has 152 valence electrons. The molecule has 0 aliphatic carbocycles. The first-order valence-electron chi connectivity index (χ1n) is 10.4. The molecule has 2 unspecified atom stereocenters. The first kappa shape index (κ1) is 18.4. The maximum Gasteiger partial charge on any atom is 0.261 e. The number of rotatable bonds is 1. The fourth-order valence-corrected chi connectivity index (χ4v) is 5.39. The molecule has 0 spiro atoms. The minimum Gasteiger partial charge on any atom is -0.362 e. The van der Waals surface area contributed by atoms with Crippen molar-refractivity contribution in [1.29, 1.82) is 0 Å². The van der Waals surface area contributed by atoms with Crippen LogP contribution in [0.2, 0.25) is 5.02 Å². The summed E-state index contributed by atoms with van der Waals surface area (Å²) in [7, 11) is 0. The molecule has 3 aliphatic heterocycles. The number of fused-ring (bicyclic) bond motifs is 7. The highest BCUT2D eigenvalue weighted by molar-refractivity contribution is 6.32. The quantitative estimate of drug-likeness (QED) is 0.512. The molecule has 1 fully saturated rings. The summed E-state index contributed by atoms with van der Waals surface area (Å²) < 4.78 is 0. The number of hydrogen-bond donors (Lipinski definition) is 0. The van der Waals surface area contributed by atoms with Gasteiger partial charge in [0.05, 0.1) is 17.6 Å². The molecule has 0 radical (unpaired) electrons. The van der Waals surface area contributed by atoms with Crippen LogP contribution in [0, 0.1) is 5.92 Å². The summed E-state index contributed by atoms with van der Waals surface area (Å²) in [6.45, 7) is 0.779. The molecule has 2 atom stereocenters. The first-order valence-corrected chi connectivity index (χ1v) is 10.8. The van der Waals surface area contributed by atoms with E-state index in [1.165, 1.54) is 10.5 Å². The maximum absolute atomic E-state index is 13.8. The predicted octanol–water partition coefficient (Wildman–Crippen LogP) is 5.03. The Labute approximate surface area is 185 Å². The molecular formula is C26H19ClN2O2. The van der Waals surface area contributed by atoms with E-state index in [0.717, 1.165) is 29.8 Å². The number of hydrogen-bond acceptors (Lipinski definition) is 3. The average Bonchev–Trinajstić information content (AvgIpc) is 2.94. The largest absolute Gasteiger partial charge is 0.362 e. The molecule has 31 heavy (non-hydrogen) atoms. The lowest BCUT2D eigenvalue weighted by atomic mass is 9.82. The molecule has 0 saturated carbocycles. The van der Waals surface area contributed by atoms with Crippen LogP contribution in [0.3, 0.4) is 0 Å². The highest BCUT2D eigenvalue weighted by atomic mass is 35.5. The number of halogens is 1. The summed E-state index contributed by atoms with van der Waals surface area (Å²) in [4.78, 5) is 31.0. The van der Waals surface area contributed by atoms with Crippen LogP contribution >= 0.6 is 11.6 Å². The fraction of sp³-hybridized carbons (Fsp3) is 0.154. The molecule has 0 N–H and O–H groups in total. The van der Waals surface area contributed by atoms with Gasteiger partial charge in [0.15, 0.2) is 0 Å². The van der Waals surface area contributed by atoms with Gasteiger partial charge in [0.2, 0.25) is 5.91 Å². The second-order valence-electron chi connectivity index (χ2n) is 8.18. The van der Waals surface area contributed by atoms with Crippen molar-refractivity contribution < 1.29 is 9.59 Å². The van der Waals surface area contributed by atoms with Gasteiger partial charge < -0.3 is 4.90 Å². The Kier molecular flexibility index (Phi) is 4.05. The summed E-state index contributed by atoms with van der Waals surface area (Å²) in [6.07, 6.45) is 2.76. The van der Waals surface area contributed by atoms with E-state index in [4.69, 9.17) is 11.6 Å². The second kappa shape index (κ2) is 6.82. The number of anilines is 2. The van der Waals surface area contributed by atoms with E-state index in [0.29, 0.717) is 16.3 Å². The summed E-state index contributed by atoms with van der Waals surface area (Å²) in [6, 6.07) is 23.0. The number of carbonyl (C=O) groups is 2. The van der Waals surface area contributed by atoms with Gasteiger partial charge in [-0.25, -0.2) is 4.90 Å². The van der Waals surface area contributed by atoms with Crippen molar-refractivity contribution in [2.75, 3.05) is 16.3 Å². The molecule has 2 amide bonds. The molecule has 3 aromatic carbocycles. The number of benzene rings is 3. The van der Waals surface area contributed by atoms with Gasteiger partial charge in [0.25, 0.3) is 5.91 Å². The standard InChI is InChI=1S/C26H19ClN2O2/c27-18-10-11-22-17(14-18)15-21-23(24-20-9-5-4-6-16(20)12-13-28(22)24)26(31)29(25(21)30)19-7-2-1-3-8-19/h1-11,14-15,23-24H,12-13H2. The van der Waals surface area contributed by atoms with E-state index in [1.807, 2.05) is 54.6 Å². The topological polar surface area (TPSA) is 40.6 Å². The van der Waals surface area contributed by atoms with Gasteiger partial charge in [-0.3, -0.25) is 9.59 Å². The van der Waals surface area contributed by atoms with Gasteiger partial charge in [-0.2, -0.15) is 0 Å². The van der Waals surface area contributed by atoms with E-state index in [-0.39, 0.29) is 17.9 Å². The predicted molar refractivity (Wildman–Crippen MR) is 122 cm³/mol. The van der Waals surface area contributed by atoms with Crippen LogP contribution in [0.15, 0.2) is 78.4 Å². The Hall–Kier alpha value is -3.37. The first-order chi connectivity index (χ1) is 15.1. The van der Waals surface area contributed by atoms with Gasteiger partial charge in [-0.15, -0.1) is 0 Å². The molecule has 3 heterocycles. The van der Waals surface area contributed by atoms with Gasteiger partial charge in [-0.1, -0.05) is 54.1 Å². The summed E-state index contributed by atoms with van der Waals surface area (Å²) in [5.74, 6) is -0.995. The van der Waals surface area contributed by atoms with Crippen LogP contribution in [0.25, 0.3) is 6.08 Å². The molecule has 1 saturated heterocycles. The smallest absolute Gasteiger partial charge is 0.261 e. The van der Waals surface area contributed by atoms with Crippen molar-refractivity contribution in [3.05, 3.63) is 100 Å². The number of imide groups is 1. The monoisotopic (exact) mass is 426 g/mol.